The van der Waals surface area contributed by atoms with Crippen molar-refractivity contribution in [2.75, 3.05) is 32.7 Å². The maximum Gasteiger partial charge on any atom is 0.241 e. The topological polar surface area (TPSA) is 45.4 Å². The van der Waals surface area contributed by atoms with Gasteiger partial charge in [-0.05, 0) is 17.4 Å². The van der Waals surface area contributed by atoms with Crippen molar-refractivity contribution in [1.82, 2.24) is 19.9 Å². The maximum atomic E-state index is 5.37. The summed E-state index contributed by atoms with van der Waals surface area (Å²) in [6.07, 6.45) is 0. The molecule has 6 heteroatoms. The molecular weight excluding hydrogens is 284 g/mol. The number of hydrogen-bond acceptors (Lipinski definition) is 6. The van der Waals surface area contributed by atoms with E-state index in [4.69, 9.17) is 4.52 Å². The van der Waals surface area contributed by atoms with E-state index < -0.39 is 0 Å². The Hall–Kier alpha value is -1.24. The monoisotopic (exact) mass is 306 g/mol. The van der Waals surface area contributed by atoms with E-state index in [2.05, 4.69) is 33.8 Å². The molecule has 3 heterocycles. The molecular formula is C15H22N4OS. The van der Waals surface area contributed by atoms with Gasteiger partial charge in [-0.15, -0.1) is 0 Å². The molecule has 0 unspecified atom stereocenters. The second-order valence-electron chi connectivity index (χ2n) is 5.99. The molecule has 114 valence electrons. The normalized spacial score (nSPS) is 17.7. The Kier molecular flexibility index (Phi) is 4.67. The molecule has 0 aromatic carbocycles. The van der Waals surface area contributed by atoms with Gasteiger partial charge in [0.05, 0.1) is 6.54 Å². The predicted octanol–water partition coefficient (Wildman–Crippen LogP) is 2.57. The third-order valence-corrected chi connectivity index (χ3v) is 4.38. The Balaban J connectivity index is 1.52. The Morgan fingerprint density at radius 3 is 2.67 bits per heavy atom. The van der Waals surface area contributed by atoms with E-state index >= 15 is 0 Å². The quantitative estimate of drug-likeness (QED) is 0.849. The number of rotatable bonds is 5. The van der Waals surface area contributed by atoms with Crippen LogP contribution in [0.4, 0.5) is 0 Å². The zero-order valence-electron chi connectivity index (χ0n) is 12.7. The molecule has 1 aliphatic rings. The molecule has 0 amide bonds. The summed E-state index contributed by atoms with van der Waals surface area (Å²) < 4.78 is 5.37. The van der Waals surface area contributed by atoms with E-state index in [0.717, 1.165) is 44.2 Å². The average molecular weight is 306 g/mol. The molecule has 1 fully saturated rings. The van der Waals surface area contributed by atoms with Gasteiger partial charge in [0, 0.05) is 43.7 Å². The van der Waals surface area contributed by atoms with Crippen LogP contribution >= 0.6 is 11.3 Å². The van der Waals surface area contributed by atoms with E-state index in [-0.39, 0.29) is 0 Å². The van der Waals surface area contributed by atoms with Crippen molar-refractivity contribution in [2.24, 2.45) is 5.92 Å². The van der Waals surface area contributed by atoms with Gasteiger partial charge < -0.3 is 9.42 Å². The standard InChI is InChI=1S/C15H22N4OS/c1-12(2)9-18-4-6-19(7-5-18)10-14-16-15(17-20-14)13-3-8-21-11-13/h3,8,11-12H,4-7,9-10H2,1-2H3. The first kappa shape index (κ1) is 14.7. The lowest BCUT2D eigenvalue weighted by molar-refractivity contribution is 0.108. The fourth-order valence-electron chi connectivity index (χ4n) is 2.67. The fourth-order valence-corrected chi connectivity index (χ4v) is 3.30. The molecule has 1 aliphatic heterocycles. The second kappa shape index (κ2) is 6.68. The lowest BCUT2D eigenvalue weighted by Crippen LogP contribution is -2.46. The second-order valence-corrected chi connectivity index (χ2v) is 6.77. The first-order valence-electron chi connectivity index (χ1n) is 7.50. The largest absolute Gasteiger partial charge is 0.338 e. The SMILES string of the molecule is CC(C)CN1CCN(Cc2nc(-c3ccsc3)no2)CC1. The first-order chi connectivity index (χ1) is 10.2. The van der Waals surface area contributed by atoms with Crippen LogP contribution in [-0.4, -0.2) is 52.7 Å². The highest BCUT2D eigenvalue weighted by molar-refractivity contribution is 7.08. The minimum Gasteiger partial charge on any atom is -0.338 e. The van der Waals surface area contributed by atoms with Crippen LogP contribution in [0.3, 0.4) is 0 Å². The van der Waals surface area contributed by atoms with Crippen molar-refractivity contribution in [2.45, 2.75) is 20.4 Å². The van der Waals surface area contributed by atoms with Gasteiger partial charge in [0.1, 0.15) is 0 Å². The molecule has 2 aromatic heterocycles. The van der Waals surface area contributed by atoms with Gasteiger partial charge >= 0.3 is 0 Å². The highest BCUT2D eigenvalue weighted by atomic mass is 32.1. The molecule has 1 saturated heterocycles. The molecule has 5 nitrogen and oxygen atoms in total. The third-order valence-electron chi connectivity index (χ3n) is 3.69. The lowest BCUT2D eigenvalue weighted by Gasteiger charge is -2.34. The smallest absolute Gasteiger partial charge is 0.241 e. The number of thiophene rings is 1. The van der Waals surface area contributed by atoms with Gasteiger partial charge in [-0.2, -0.15) is 16.3 Å². The summed E-state index contributed by atoms with van der Waals surface area (Å²) in [5.41, 5.74) is 1.04. The van der Waals surface area contributed by atoms with Crippen molar-refractivity contribution in [3.63, 3.8) is 0 Å². The van der Waals surface area contributed by atoms with E-state index in [9.17, 15) is 0 Å². The summed E-state index contributed by atoms with van der Waals surface area (Å²) in [4.78, 5) is 9.41. The van der Waals surface area contributed by atoms with Crippen LogP contribution in [0.25, 0.3) is 11.4 Å². The molecule has 21 heavy (non-hydrogen) atoms. The Morgan fingerprint density at radius 2 is 2.00 bits per heavy atom. The summed E-state index contributed by atoms with van der Waals surface area (Å²) in [6.45, 7) is 10.9. The summed E-state index contributed by atoms with van der Waals surface area (Å²) in [5, 5.41) is 8.13. The van der Waals surface area contributed by atoms with E-state index in [1.54, 1.807) is 11.3 Å². The van der Waals surface area contributed by atoms with Crippen molar-refractivity contribution >= 4 is 11.3 Å². The molecule has 0 saturated carbocycles. The molecule has 0 N–H and O–H groups in total. The van der Waals surface area contributed by atoms with Crippen molar-refractivity contribution in [1.29, 1.82) is 0 Å². The van der Waals surface area contributed by atoms with Crippen LogP contribution in [0.15, 0.2) is 21.3 Å². The first-order valence-corrected chi connectivity index (χ1v) is 8.45. The lowest BCUT2D eigenvalue weighted by atomic mass is 10.2. The summed E-state index contributed by atoms with van der Waals surface area (Å²) in [5.74, 6) is 2.15. The van der Waals surface area contributed by atoms with E-state index in [1.807, 2.05) is 16.8 Å². The van der Waals surface area contributed by atoms with Gasteiger partial charge in [-0.3, -0.25) is 4.90 Å². The predicted molar refractivity (Wildman–Crippen MR) is 84.2 cm³/mol. The highest BCUT2D eigenvalue weighted by Crippen LogP contribution is 2.19. The summed E-state index contributed by atoms with van der Waals surface area (Å²) in [7, 11) is 0. The number of hydrogen-bond donors (Lipinski definition) is 0. The van der Waals surface area contributed by atoms with Crippen LogP contribution in [0.1, 0.15) is 19.7 Å². The molecule has 0 bridgehead atoms. The Morgan fingerprint density at radius 1 is 1.24 bits per heavy atom. The summed E-state index contributed by atoms with van der Waals surface area (Å²) in [6, 6.07) is 2.02. The average Bonchev–Trinajstić information content (AvgIpc) is 3.11. The van der Waals surface area contributed by atoms with Crippen LogP contribution in [-0.2, 0) is 6.54 Å². The summed E-state index contributed by atoms with van der Waals surface area (Å²) >= 11 is 1.65. The third kappa shape index (κ3) is 3.90. The van der Waals surface area contributed by atoms with Crippen LogP contribution in [0.5, 0.6) is 0 Å². The van der Waals surface area contributed by atoms with E-state index in [1.165, 1.54) is 6.54 Å². The molecule has 0 atom stereocenters. The zero-order valence-corrected chi connectivity index (χ0v) is 13.5. The minimum atomic E-state index is 0.699. The van der Waals surface area contributed by atoms with E-state index in [0.29, 0.717) is 11.7 Å². The fraction of sp³-hybridized carbons (Fsp3) is 0.600. The Bertz CT molecular complexity index is 544. The van der Waals surface area contributed by atoms with Gasteiger partial charge in [-0.25, -0.2) is 0 Å². The van der Waals surface area contributed by atoms with Crippen LogP contribution in [0, 0.1) is 5.92 Å². The van der Waals surface area contributed by atoms with Crippen LogP contribution in [0.2, 0.25) is 0 Å². The zero-order chi connectivity index (χ0) is 14.7. The minimum absolute atomic E-state index is 0.699. The molecule has 0 spiro atoms. The molecule has 2 aromatic rings. The molecule has 0 aliphatic carbocycles. The van der Waals surface area contributed by atoms with Gasteiger partial charge in [0.15, 0.2) is 0 Å². The molecule has 0 radical (unpaired) electrons. The maximum absolute atomic E-state index is 5.37. The van der Waals surface area contributed by atoms with Gasteiger partial charge in [-0.1, -0.05) is 19.0 Å². The van der Waals surface area contributed by atoms with Crippen molar-refractivity contribution in [3.05, 3.63) is 22.7 Å². The van der Waals surface area contributed by atoms with Crippen molar-refractivity contribution in [3.8, 4) is 11.4 Å². The highest BCUT2D eigenvalue weighted by Gasteiger charge is 2.19. The van der Waals surface area contributed by atoms with Crippen LogP contribution < -0.4 is 0 Å². The molecule has 3 rings (SSSR count). The van der Waals surface area contributed by atoms with Gasteiger partial charge in [0.2, 0.25) is 11.7 Å². The Labute approximate surface area is 129 Å². The van der Waals surface area contributed by atoms with Crippen molar-refractivity contribution < 1.29 is 4.52 Å². The van der Waals surface area contributed by atoms with Gasteiger partial charge in [0.25, 0.3) is 0 Å². The number of aromatic nitrogens is 2. The number of nitrogens with zero attached hydrogens (tertiary/aromatic N) is 4. The number of piperazine rings is 1.